The Bertz CT molecular complexity index is 15.8. The molecule has 3 radical (unpaired) electrons. The van der Waals surface area contributed by atoms with E-state index in [-0.39, 0.29) is 181 Å². The van der Waals surface area contributed by atoms with E-state index >= 15 is 0 Å². The minimum Gasteiger partial charge on any atom is -1.00 e. The van der Waals surface area contributed by atoms with Gasteiger partial charge in [0.1, 0.15) is 0 Å². The van der Waals surface area contributed by atoms with Crippen molar-refractivity contribution in [3.63, 3.8) is 0 Å². The van der Waals surface area contributed by atoms with Crippen LogP contribution in [0.15, 0.2) is 0 Å². The monoisotopic (exact) mass is 239 g/mol. The SMILES string of the molecule is [Al].[BH4-].[Cl-].[Cl-].[Cl-].[Na+].[Na+].[Na+].[Na+]. The predicted octanol–water partition coefficient (Wildman–Crippen LogP) is -22.8. The van der Waals surface area contributed by atoms with Crippen molar-refractivity contribution in [2.24, 2.45) is 0 Å². The molecule has 0 aliphatic heterocycles. The first-order valence-corrected chi connectivity index (χ1v) is 0. The average molecular weight is 240 g/mol. The van der Waals surface area contributed by atoms with Crippen molar-refractivity contribution >= 4 is 25.8 Å². The molecule has 0 nitrogen and oxygen atoms in total. The summed E-state index contributed by atoms with van der Waals surface area (Å²) in [5.74, 6) is 0. The first-order valence-electron chi connectivity index (χ1n) is 0. The van der Waals surface area contributed by atoms with Crippen molar-refractivity contribution in [1.29, 1.82) is 0 Å². The van der Waals surface area contributed by atoms with Gasteiger partial charge in [0.25, 0.3) is 0 Å². The summed E-state index contributed by atoms with van der Waals surface area (Å²) in [4.78, 5) is 0. The maximum absolute atomic E-state index is 0. The van der Waals surface area contributed by atoms with Crippen LogP contribution in [0.1, 0.15) is 0 Å². The van der Waals surface area contributed by atoms with Crippen molar-refractivity contribution in [1.82, 2.24) is 0 Å². The summed E-state index contributed by atoms with van der Waals surface area (Å²) in [5, 5.41) is 0. The second-order valence-corrected chi connectivity index (χ2v) is 0. The molecule has 0 amide bonds. The molecule has 0 spiro atoms. The fraction of sp³-hybridized carbons (Fsp3) is 0. The average Bonchev–Trinajstić information content (AvgIpc) is 0. The number of hydrogen-bond acceptors (Lipinski definition) is 0. The van der Waals surface area contributed by atoms with Crippen LogP contribution >= 0.6 is 0 Å². The van der Waals surface area contributed by atoms with Gasteiger partial charge in [-0.25, -0.2) is 0 Å². The van der Waals surface area contributed by atoms with Crippen LogP contribution < -0.4 is 155 Å². The van der Waals surface area contributed by atoms with Crippen molar-refractivity contribution in [2.75, 3.05) is 0 Å². The van der Waals surface area contributed by atoms with E-state index in [1.165, 1.54) is 0 Å². The molecule has 0 bridgehead atoms. The van der Waals surface area contributed by atoms with Crippen LogP contribution in [0.3, 0.4) is 0 Å². The third kappa shape index (κ3) is 59.2. The minimum atomic E-state index is 0. The standard InChI is InChI=1S/Al.BH4.3ClH.4Na/h;1H4;3*1H;;;;/q;-1;;;;4*+1/p-3. The molecule has 0 unspecified atom stereocenters. The molecule has 0 rings (SSSR count). The van der Waals surface area contributed by atoms with Crippen LogP contribution in [0.25, 0.3) is 0 Å². The zero-order valence-corrected chi connectivity index (χ0v) is 17.1. The molecule has 9 heteroatoms. The zero-order valence-electron chi connectivity index (χ0n) is 5.71. The first-order chi connectivity index (χ1) is 0. The molecule has 0 N–H and O–H groups in total. The fourth-order valence-corrected chi connectivity index (χ4v) is 0. The van der Waals surface area contributed by atoms with Crippen molar-refractivity contribution in [3.8, 4) is 0 Å². The smallest absolute Gasteiger partial charge is 1.00 e. The van der Waals surface area contributed by atoms with Gasteiger partial charge >= 0.3 is 118 Å². The van der Waals surface area contributed by atoms with Gasteiger partial charge in [0, 0.05) is 17.4 Å². The van der Waals surface area contributed by atoms with Gasteiger partial charge in [-0.3, -0.25) is 0 Å². The molecule has 0 heterocycles. The van der Waals surface area contributed by atoms with Gasteiger partial charge in [0.15, 0.2) is 0 Å². The maximum Gasteiger partial charge on any atom is 1.00 e. The Kier molecular flexibility index (Phi) is 683. The summed E-state index contributed by atoms with van der Waals surface area (Å²) < 4.78 is 0. The molecule has 0 aromatic heterocycles. The Morgan fingerprint density at radius 1 is 0.444 bits per heavy atom. The Hall–Kier alpha value is 5.47. The van der Waals surface area contributed by atoms with Crippen molar-refractivity contribution in [2.45, 2.75) is 0 Å². The molecule has 35 valence electrons. The summed E-state index contributed by atoms with van der Waals surface area (Å²) in [7, 11) is 0. The van der Waals surface area contributed by atoms with E-state index in [1.54, 1.807) is 0 Å². The van der Waals surface area contributed by atoms with Crippen molar-refractivity contribution in [3.05, 3.63) is 0 Å². The molecule has 0 aromatic rings. The van der Waals surface area contributed by atoms with E-state index in [9.17, 15) is 0 Å². The van der Waals surface area contributed by atoms with E-state index in [2.05, 4.69) is 0 Å². The van der Waals surface area contributed by atoms with Crippen molar-refractivity contribution < 1.29 is 155 Å². The third-order valence-corrected chi connectivity index (χ3v) is 0. The van der Waals surface area contributed by atoms with Crippen LogP contribution in [-0.2, 0) is 0 Å². The van der Waals surface area contributed by atoms with Crippen LogP contribution in [0.2, 0.25) is 0 Å². The predicted molar refractivity (Wildman–Crippen MR) is 17.1 cm³/mol. The zero-order chi connectivity index (χ0) is 0. The van der Waals surface area contributed by atoms with E-state index < -0.39 is 0 Å². The molecule has 0 atom stereocenters. The van der Waals surface area contributed by atoms with Crippen LogP contribution in [-0.4, -0.2) is 25.8 Å². The van der Waals surface area contributed by atoms with Crippen LogP contribution in [0, 0.1) is 0 Å². The van der Waals surface area contributed by atoms with E-state index in [4.69, 9.17) is 0 Å². The number of hydrogen-bond donors (Lipinski definition) is 0. The van der Waals surface area contributed by atoms with Gasteiger partial charge in [0.05, 0.1) is 0 Å². The molecule has 0 aromatic carbocycles. The van der Waals surface area contributed by atoms with E-state index in [1.807, 2.05) is 0 Å². The van der Waals surface area contributed by atoms with Gasteiger partial charge in [-0.1, -0.05) is 8.41 Å². The van der Waals surface area contributed by atoms with Gasteiger partial charge in [0.2, 0.25) is 0 Å². The van der Waals surface area contributed by atoms with Gasteiger partial charge in [-0.2, -0.15) is 0 Å². The van der Waals surface area contributed by atoms with Gasteiger partial charge < -0.3 is 37.2 Å². The summed E-state index contributed by atoms with van der Waals surface area (Å²) in [5.41, 5.74) is 0. The Morgan fingerprint density at radius 3 is 0.444 bits per heavy atom. The largest absolute Gasteiger partial charge is 1.00 e. The molecule has 9 heavy (non-hydrogen) atoms. The fourth-order valence-electron chi connectivity index (χ4n) is 0. The molecular formula is H4AlBCl3Na4. The second-order valence-electron chi connectivity index (χ2n) is 0. The maximum atomic E-state index is 0. The first kappa shape index (κ1) is 87.8. The second kappa shape index (κ2) is 70.0. The molecular weight excluding hydrogens is 236 g/mol. The molecule has 0 aliphatic rings. The Morgan fingerprint density at radius 2 is 0.444 bits per heavy atom. The summed E-state index contributed by atoms with van der Waals surface area (Å²) in [6.45, 7) is 0. The van der Waals surface area contributed by atoms with Gasteiger partial charge in [-0.05, 0) is 0 Å². The van der Waals surface area contributed by atoms with Crippen LogP contribution in [0.4, 0.5) is 0 Å². The van der Waals surface area contributed by atoms with Gasteiger partial charge in [-0.15, -0.1) is 0 Å². The molecule has 0 saturated carbocycles. The Labute approximate surface area is 177 Å². The topological polar surface area (TPSA) is 0 Å². The quantitative estimate of drug-likeness (QED) is 0.369. The number of rotatable bonds is 0. The van der Waals surface area contributed by atoms with E-state index in [0.717, 1.165) is 0 Å². The molecule has 0 saturated heterocycles. The molecule has 0 fully saturated rings. The number of halogens is 3. The molecule has 0 aliphatic carbocycles. The summed E-state index contributed by atoms with van der Waals surface area (Å²) in [6.07, 6.45) is 0. The Balaban J connectivity index is 0. The minimum absolute atomic E-state index is 0. The van der Waals surface area contributed by atoms with E-state index in [0.29, 0.717) is 0 Å². The summed E-state index contributed by atoms with van der Waals surface area (Å²) >= 11 is 0. The summed E-state index contributed by atoms with van der Waals surface area (Å²) in [6, 6.07) is 0. The normalized spacial score (nSPS) is 0. The van der Waals surface area contributed by atoms with Crippen LogP contribution in [0.5, 0.6) is 0 Å². The third-order valence-electron chi connectivity index (χ3n) is 0.